The van der Waals surface area contributed by atoms with E-state index in [1.807, 2.05) is 72.8 Å². The summed E-state index contributed by atoms with van der Waals surface area (Å²) in [6.07, 6.45) is 2.33. The first-order chi connectivity index (χ1) is 20.1. The summed E-state index contributed by atoms with van der Waals surface area (Å²) < 4.78 is 80.1. The Hall–Kier alpha value is -1.56. The molecule has 0 aliphatic heterocycles. The van der Waals surface area contributed by atoms with Gasteiger partial charge in [0.1, 0.15) is 20.2 Å². The minimum absolute atomic E-state index is 0. The van der Waals surface area contributed by atoms with Gasteiger partial charge in [0, 0.05) is 23.7 Å². The van der Waals surface area contributed by atoms with E-state index in [0.717, 1.165) is 43.8 Å². The molecule has 0 N–H and O–H groups in total. The average molecular weight is 639 g/mol. The molecule has 44 heavy (non-hydrogen) atoms. The predicted molar refractivity (Wildman–Crippen MR) is 156 cm³/mol. The Morgan fingerprint density at radius 3 is 0.886 bits per heavy atom. The summed E-state index contributed by atoms with van der Waals surface area (Å²) in [5.74, 6) is -1.92. The molecule has 10 heteroatoms. The average Bonchev–Trinajstić information content (AvgIpc) is 2.97. The van der Waals surface area contributed by atoms with Crippen LogP contribution in [0.3, 0.4) is 0 Å². The first kappa shape index (κ1) is 31.1. The number of benzene rings is 5. The van der Waals surface area contributed by atoms with Crippen LogP contribution < -0.4 is 59.1 Å². The van der Waals surface area contributed by atoms with E-state index < -0.39 is 43.9 Å². The van der Waals surface area contributed by atoms with Crippen LogP contribution in [0.4, 0.5) is 0 Å². The SMILES string of the molecule is O=S(=O)([O-])c1c2c(c(S(=O)(=O)[O-])c3c1C1CCC3c3cc4ccccc4cc31)C1CCC2c2cc3ccccc3cc21.[Na+].[Na+]. The topological polar surface area (TPSA) is 114 Å². The smallest absolute Gasteiger partial charge is 0.744 e. The summed E-state index contributed by atoms with van der Waals surface area (Å²) in [6, 6.07) is 23.9. The molecule has 4 bridgehead atoms. The van der Waals surface area contributed by atoms with Gasteiger partial charge in [0.2, 0.25) is 0 Å². The Bertz CT molecular complexity index is 2010. The number of hydrogen-bond acceptors (Lipinski definition) is 6. The van der Waals surface area contributed by atoms with Crippen LogP contribution in [-0.4, -0.2) is 25.9 Å². The molecule has 4 unspecified atom stereocenters. The molecule has 5 aromatic rings. The van der Waals surface area contributed by atoms with Crippen molar-refractivity contribution in [2.45, 2.75) is 59.1 Å². The largest absolute Gasteiger partial charge is 1.00 e. The summed E-state index contributed by atoms with van der Waals surface area (Å²) in [5.41, 5.74) is 4.71. The Morgan fingerprint density at radius 2 is 0.682 bits per heavy atom. The third-order valence-electron chi connectivity index (χ3n) is 10.3. The third-order valence-corrected chi connectivity index (χ3v) is 12.2. The zero-order chi connectivity index (χ0) is 28.7. The molecule has 0 fully saturated rings. The Kier molecular flexibility index (Phi) is 7.39. The number of rotatable bonds is 2. The monoisotopic (exact) mass is 638 g/mol. The molecule has 6 nitrogen and oxygen atoms in total. The Morgan fingerprint density at radius 1 is 0.455 bits per heavy atom. The van der Waals surface area contributed by atoms with E-state index in [1.54, 1.807) is 0 Å². The van der Waals surface area contributed by atoms with Crippen LogP contribution in [0.1, 0.15) is 93.9 Å². The molecule has 0 saturated carbocycles. The van der Waals surface area contributed by atoms with Gasteiger partial charge in [-0.1, -0.05) is 72.8 Å². The zero-order valence-corrected chi connectivity index (χ0v) is 30.0. The van der Waals surface area contributed by atoms with Gasteiger partial charge in [-0.25, -0.2) is 16.8 Å². The van der Waals surface area contributed by atoms with Gasteiger partial charge >= 0.3 is 59.1 Å². The van der Waals surface area contributed by atoms with Crippen molar-refractivity contribution in [2.24, 2.45) is 0 Å². The van der Waals surface area contributed by atoms with Gasteiger partial charge in [-0.05, 0) is 91.7 Å². The zero-order valence-electron chi connectivity index (χ0n) is 24.3. The molecular formula is C34H24Na2O6S2. The van der Waals surface area contributed by atoms with E-state index >= 15 is 0 Å². The van der Waals surface area contributed by atoms with Crippen LogP contribution in [0.2, 0.25) is 0 Å². The summed E-state index contributed by atoms with van der Waals surface area (Å²) >= 11 is 0. The molecule has 0 amide bonds. The minimum atomic E-state index is -5.03. The van der Waals surface area contributed by atoms with Crippen molar-refractivity contribution in [3.8, 4) is 0 Å². The molecular weight excluding hydrogens is 614 g/mol. The van der Waals surface area contributed by atoms with Crippen molar-refractivity contribution in [1.29, 1.82) is 0 Å². The fraction of sp³-hybridized carbons (Fsp3) is 0.235. The van der Waals surface area contributed by atoms with Gasteiger partial charge in [0.25, 0.3) is 0 Å². The third kappa shape index (κ3) is 4.20. The Balaban J connectivity index is 0.00000156. The molecule has 6 aliphatic carbocycles. The van der Waals surface area contributed by atoms with E-state index in [2.05, 4.69) is 0 Å². The fourth-order valence-electron chi connectivity index (χ4n) is 8.95. The van der Waals surface area contributed by atoms with Crippen LogP contribution in [0.25, 0.3) is 21.5 Å². The minimum Gasteiger partial charge on any atom is -0.744 e. The second-order valence-corrected chi connectivity index (χ2v) is 14.9. The number of hydrogen-bond donors (Lipinski definition) is 0. The molecule has 0 heterocycles. The van der Waals surface area contributed by atoms with Gasteiger partial charge in [-0.2, -0.15) is 0 Å². The molecule has 11 rings (SSSR count). The van der Waals surface area contributed by atoms with E-state index in [1.165, 1.54) is 0 Å². The maximum Gasteiger partial charge on any atom is 1.00 e. The summed E-state index contributed by atoms with van der Waals surface area (Å²) in [5, 5.41) is 3.97. The molecule has 210 valence electrons. The molecule has 6 aliphatic rings. The van der Waals surface area contributed by atoms with Crippen LogP contribution in [0.15, 0.2) is 82.6 Å². The molecule has 0 spiro atoms. The summed E-state index contributed by atoms with van der Waals surface area (Å²) in [7, 11) is -10.1. The summed E-state index contributed by atoms with van der Waals surface area (Å²) in [4.78, 5) is -0.552. The van der Waals surface area contributed by atoms with Crippen LogP contribution >= 0.6 is 0 Å². The van der Waals surface area contributed by atoms with Gasteiger partial charge in [-0.15, -0.1) is 0 Å². The predicted octanol–water partition coefficient (Wildman–Crippen LogP) is 0.551. The molecule has 0 saturated heterocycles. The normalized spacial score (nSPS) is 22.4. The van der Waals surface area contributed by atoms with Crippen LogP contribution in [-0.2, 0) is 20.2 Å². The summed E-state index contributed by atoms with van der Waals surface area (Å²) in [6.45, 7) is 0. The first-order valence-corrected chi connectivity index (χ1v) is 17.1. The Labute approximate surface area is 300 Å². The quantitative estimate of drug-likeness (QED) is 0.206. The van der Waals surface area contributed by atoms with E-state index in [4.69, 9.17) is 0 Å². The van der Waals surface area contributed by atoms with E-state index in [0.29, 0.717) is 25.7 Å². The maximum atomic E-state index is 13.4. The number of fused-ring (bicyclic) bond motifs is 4. The molecule has 0 aromatic heterocycles. The van der Waals surface area contributed by atoms with Gasteiger partial charge in [-0.3, -0.25) is 0 Å². The van der Waals surface area contributed by atoms with Crippen LogP contribution in [0.5, 0.6) is 0 Å². The second kappa shape index (κ2) is 10.5. The van der Waals surface area contributed by atoms with Gasteiger partial charge in [0.05, 0.1) is 9.79 Å². The maximum absolute atomic E-state index is 13.4. The van der Waals surface area contributed by atoms with Crippen molar-refractivity contribution in [2.75, 3.05) is 0 Å². The van der Waals surface area contributed by atoms with Crippen molar-refractivity contribution in [1.82, 2.24) is 0 Å². The molecule has 4 atom stereocenters. The van der Waals surface area contributed by atoms with Crippen molar-refractivity contribution >= 4 is 41.8 Å². The molecule has 0 radical (unpaired) electrons. The standard InChI is InChI=1S/C34H26O6S2.2Na/c35-41(36,37)33-29-21-9-10-22(26-14-18-6-2-1-5-17(18)13-25(21)26)30(29)34(42(38,39)40)32-24-12-11-23(31(32)33)27-15-19-7-3-4-8-20(19)16-28(24)27;;/h1-8,13-16,21-24H,9-12H2,(H,35,36,37)(H,38,39,40);;/q;2*+1/p-2. The van der Waals surface area contributed by atoms with Crippen molar-refractivity contribution < 1.29 is 85.1 Å². The van der Waals surface area contributed by atoms with Crippen molar-refractivity contribution in [3.05, 3.63) is 117 Å². The fourth-order valence-corrected chi connectivity index (χ4v) is 11.0. The first-order valence-electron chi connectivity index (χ1n) is 14.3. The molecule has 5 aromatic carbocycles. The van der Waals surface area contributed by atoms with E-state index in [-0.39, 0.29) is 91.2 Å². The van der Waals surface area contributed by atoms with E-state index in [9.17, 15) is 25.9 Å². The van der Waals surface area contributed by atoms with Crippen LogP contribution in [0, 0.1) is 0 Å². The van der Waals surface area contributed by atoms with Gasteiger partial charge in [0.15, 0.2) is 0 Å². The van der Waals surface area contributed by atoms with Gasteiger partial charge < -0.3 is 9.11 Å². The second-order valence-electron chi connectivity index (χ2n) is 12.2. The van der Waals surface area contributed by atoms with Crippen molar-refractivity contribution in [3.63, 3.8) is 0 Å².